The van der Waals surface area contributed by atoms with Crippen LogP contribution in [0.5, 0.6) is 5.75 Å². The highest BCUT2D eigenvalue weighted by atomic mass is 79.9. The molecule has 19 heavy (non-hydrogen) atoms. The Morgan fingerprint density at radius 2 is 1.95 bits per heavy atom. The Balaban J connectivity index is 2.43. The lowest BCUT2D eigenvalue weighted by atomic mass is 9.97. The Hall–Kier alpha value is -1.39. The van der Waals surface area contributed by atoms with Crippen molar-refractivity contribution in [3.05, 3.63) is 63.4 Å². The molecule has 0 aliphatic carbocycles. The van der Waals surface area contributed by atoms with Gasteiger partial charge in [0.25, 0.3) is 0 Å². The summed E-state index contributed by atoms with van der Waals surface area (Å²) >= 11 is 3.39. The van der Waals surface area contributed by atoms with Crippen molar-refractivity contribution in [1.82, 2.24) is 0 Å². The monoisotopic (exact) mass is 323 g/mol. The Bertz CT molecular complexity index is 601. The van der Waals surface area contributed by atoms with Crippen LogP contribution in [-0.4, -0.2) is 7.11 Å². The summed E-state index contributed by atoms with van der Waals surface area (Å²) in [5, 5.41) is 0. The van der Waals surface area contributed by atoms with E-state index in [-0.39, 0.29) is 11.9 Å². The number of nitrogens with two attached hydrogens (primary N) is 1. The molecule has 2 nitrogen and oxygen atoms in total. The molecule has 2 aromatic rings. The normalized spacial score (nSPS) is 12.3. The number of benzene rings is 2. The summed E-state index contributed by atoms with van der Waals surface area (Å²) in [6.07, 6.45) is 0. The van der Waals surface area contributed by atoms with Crippen LogP contribution in [0.2, 0.25) is 0 Å². The van der Waals surface area contributed by atoms with E-state index in [0.717, 1.165) is 15.6 Å². The van der Waals surface area contributed by atoms with Gasteiger partial charge >= 0.3 is 0 Å². The molecule has 0 aliphatic heterocycles. The standard InChI is InChI=1S/C15H15BrFNO/c1-9-7-10(3-6-13(9)17)15(18)12-5-4-11(16)8-14(12)19-2/h3-8,15H,18H2,1-2H3. The lowest BCUT2D eigenvalue weighted by Crippen LogP contribution is -2.13. The van der Waals surface area contributed by atoms with E-state index < -0.39 is 0 Å². The summed E-state index contributed by atoms with van der Waals surface area (Å²) in [6, 6.07) is 10.2. The van der Waals surface area contributed by atoms with Crippen LogP contribution in [0.1, 0.15) is 22.7 Å². The highest BCUT2D eigenvalue weighted by Crippen LogP contribution is 2.31. The van der Waals surface area contributed by atoms with Gasteiger partial charge in [0.05, 0.1) is 13.2 Å². The summed E-state index contributed by atoms with van der Waals surface area (Å²) in [5.74, 6) is 0.488. The SMILES string of the molecule is COc1cc(Br)ccc1C(N)c1ccc(F)c(C)c1. The third-order valence-corrected chi connectivity index (χ3v) is 3.56. The van der Waals surface area contributed by atoms with Crippen molar-refractivity contribution in [2.24, 2.45) is 5.73 Å². The Morgan fingerprint density at radius 3 is 2.58 bits per heavy atom. The Morgan fingerprint density at radius 1 is 1.21 bits per heavy atom. The van der Waals surface area contributed by atoms with E-state index in [1.165, 1.54) is 6.07 Å². The fourth-order valence-electron chi connectivity index (χ4n) is 1.98. The average Bonchev–Trinajstić information content (AvgIpc) is 2.41. The summed E-state index contributed by atoms with van der Waals surface area (Å²) in [6.45, 7) is 1.73. The molecule has 0 saturated carbocycles. The fraction of sp³-hybridized carbons (Fsp3) is 0.200. The topological polar surface area (TPSA) is 35.2 Å². The Kier molecular flexibility index (Phi) is 4.22. The Labute approximate surface area is 120 Å². The molecule has 0 amide bonds. The average molecular weight is 324 g/mol. The van der Waals surface area contributed by atoms with Crippen molar-refractivity contribution in [2.45, 2.75) is 13.0 Å². The zero-order chi connectivity index (χ0) is 14.0. The van der Waals surface area contributed by atoms with E-state index >= 15 is 0 Å². The molecule has 0 saturated heterocycles. The maximum absolute atomic E-state index is 13.3. The van der Waals surface area contributed by atoms with E-state index in [1.807, 2.05) is 18.2 Å². The summed E-state index contributed by atoms with van der Waals surface area (Å²) in [5.41, 5.74) is 8.56. The summed E-state index contributed by atoms with van der Waals surface area (Å²) in [7, 11) is 1.61. The van der Waals surface area contributed by atoms with Gasteiger partial charge in [-0.3, -0.25) is 0 Å². The highest BCUT2D eigenvalue weighted by Gasteiger charge is 2.15. The fourth-order valence-corrected chi connectivity index (χ4v) is 2.32. The molecule has 0 spiro atoms. The van der Waals surface area contributed by atoms with Crippen LogP contribution in [0.15, 0.2) is 40.9 Å². The van der Waals surface area contributed by atoms with E-state index in [2.05, 4.69) is 15.9 Å². The molecule has 0 heterocycles. The maximum Gasteiger partial charge on any atom is 0.126 e. The number of rotatable bonds is 3. The van der Waals surface area contributed by atoms with Gasteiger partial charge in [0.1, 0.15) is 11.6 Å². The first-order valence-electron chi connectivity index (χ1n) is 5.88. The minimum atomic E-state index is -0.345. The molecule has 2 aromatic carbocycles. The van der Waals surface area contributed by atoms with Crippen molar-refractivity contribution in [2.75, 3.05) is 7.11 Å². The van der Waals surface area contributed by atoms with E-state index in [9.17, 15) is 4.39 Å². The van der Waals surface area contributed by atoms with E-state index in [4.69, 9.17) is 10.5 Å². The molecule has 2 rings (SSSR count). The molecule has 100 valence electrons. The van der Waals surface area contributed by atoms with Gasteiger partial charge in [-0.25, -0.2) is 4.39 Å². The second kappa shape index (κ2) is 5.72. The second-order valence-electron chi connectivity index (χ2n) is 4.37. The molecule has 4 heteroatoms. The van der Waals surface area contributed by atoms with Crippen LogP contribution in [0.3, 0.4) is 0 Å². The highest BCUT2D eigenvalue weighted by molar-refractivity contribution is 9.10. The van der Waals surface area contributed by atoms with Gasteiger partial charge in [0.15, 0.2) is 0 Å². The van der Waals surface area contributed by atoms with Gasteiger partial charge in [-0.05, 0) is 36.2 Å². The summed E-state index contributed by atoms with van der Waals surface area (Å²) in [4.78, 5) is 0. The number of hydrogen-bond donors (Lipinski definition) is 1. The van der Waals surface area contributed by atoms with Crippen LogP contribution in [0, 0.1) is 12.7 Å². The molecule has 0 aromatic heterocycles. The summed E-state index contributed by atoms with van der Waals surface area (Å²) < 4.78 is 19.6. The number of hydrogen-bond acceptors (Lipinski definition) is 2. The number of halogens is 2. The second-order valence-corrected chi connectivity index (χ2v) is 5.29. The van der Waals surface area contributed by atoms with Crippen LogP contribution in [0.25, 0.3) is 0 Å². The quantitative estimate of drug-likeness (QED) is 0.928. The van der Waals surface area contributed by atoms with Gasteiger partial charge in [-0.15, -0.1) is 0 Å². The van der Waals surface area contributed by atoms with Crippen LogP contribution >= 0.6 is 15.9 Å². The largest absolute Gasteiger partial charge is 0.496 e. The van der Waals surface area contributed by atoms with Crippen LogP contribution in [-0.2, 0) is 0 Å². The molecule has 0 bridgehead atoms. The van der Waals surface area contributed by atoms with Crippen molar-refractivity contribution in [3.8, 4) is 5.75 Å². The number of methoxy groups -OCH3 is 1. The van der Waals surface area contributed by atoms with Crippen LogP contribution < -0.4 is 10.5 Å². The van der Waals surface area contributed by atoms with Gasteiger partial charge in [-0.2, -0.15) is 0 Å². The molecule has 2 N–H and O–H groups in total. The van der Waals surface area contributed by atoms with Gasteiger partial charge in [-0.1, -0.05) is 34.1 Å². The minimum absolute atomic E-state index is 0.223. The van der Waals surface area contributed by atoms with Gasteiger partial charge in [0, 0.05) is 10.0 Å². The molecule has 0 radical (unpaired) electrons. The number of ether oxygens (including phenoxy) is 1. The van der Waals surface area contributed by atoms with Crippen LogP contribution in [0.4, 0.5) is 4.39 Å². The first-order valence-corrected chi connectivity index (χ1v) is 6.67. The molecule has 0 aliphatic rings. The molecule has 0 fully saturated rings. The zero-order valence-electron chi connectivity index (χ0n) is 10.8. The van der Waals surface area contributed by atoms with Gasteiger partial charge in [0.2, 0.25) is 0 Å². The smallest absolute Gasteiger partial charge is 0.126 e. The predicted octanol–water partition coefficient (Wildman–Crippen LogP) is 3.95. The maximum atomic E-state index is 13.3. The van der Waals surface area contributed by atoms with Crippen molar-refractivity contribution in [3.63, 3.8) is 0 Å². The first kappa shape index (κ1) is 14.0. The van der Waals surface area contributed by atoms with E-state index in [1.54, 1.807) is 26.2 Å². The van der Waals surface area contributed by atoms with Crippen molar-refractivity contribution in [1.29, 1.82) is 0 Å². The number of aryl methyl sites for hydroxylation is 1. The molecular formula is C15H15BrFNO. The third kappa shape index (κ3) is 2.96. The lowest BCUT2D eigenvalue weighted by molar-refractivity contribution is 0.407. The first-order chi connectivity index (χ1) is 9.02. The molecule has 1 atom stereocenters. The predicted molar refractivity (Wildman–Crippen MR) is 77.9 cm³/mol. The van der Waals surface area contributed by atoms with Crippen molar-refractivity contribution < 1.29 is 9.13 Å². The lowest BCUT2D eigenvalue weighted by Gasteiger charge is -2.17. The van der Waals surface area contributed by atoms with Crippen molar-refractivity contribution >= 4 is 15.9 Å². The van der Waals surface area contributed by atoms with E-state index in [0.29, 0.717) is 11.3 Å². The molecular weight excluding hydrogens is 309 g/mol. The molecule has 1 unspecified atom stereocenters. The minimum Gasteiger partial charge on any atom is -0.496 e. The zero-order valence-corrected chi connectivity index (χ0v) is 12.4. The third-order valence-electron chi connectivity index (χ3n) is 3.07. The van der Waals surface area contributed by atoms with Gasteiger partial charge < -0.3 is 10.5 Å².